The normalized spacial score (nSPS) is 27.5. The lowest BCUT2D eigenvalue weighted by Crippen LogP contribution is -2.49. The van der Waals surface area contributed by atoms with Gasteiger partial charge in [-0.15, -0.1) is 0 Å². The molecule has 0 aromatic carbocycles. The van der Waals surface area contributed by atoms with E-state index >= 15 is 0 Å². The van der Waals surface area contributed by atoms with Crippen LogP contribution in [0.4, 0.5) is 0 Å². The topological polar surface area (TPSA) is 62.1 Å². The fourth-order valence-corrected chi connectivity index (χ4v) is 1.13. The first-order chi connectivity index (χ1) is 5.70. The molecule has 1 saturated heterocycles. The summed E-state index contributed by atoms with van der Waals surface area (Å²) < 4.78 is 4.92. The molecular weight excluding hydrogens is 160 g/mol. The van der Waals surface area contributed by atoms with Crippen LogP contribution in [0.25, 0.3) is 0 Å². The summed E-state index contributed by atoms with van der Waals surface area (Å²) in [7, 11) is 1.67. The number of rotatable bonds is 1. The van der Waals surface area contributed by atoms with Gasteiger partial charge in [0.2, 0.25) is 0 Å². The number of hydrogen-bond acceptors (Lipinski definition) is 4. The van der Waals surface area contributed by atoms with Crippen LogP contribution in [0.15, 0.2) is 5.16 Å². The summed E-state index contributed by atoms with van der Waals surface area (Å²) in [5, 5.41) is 11.1. The van der Waals surface area contributed by atoms with Crippen molar-refractivity contribution in [2.75, 3.05) is 13.7 Å². The van der Waals surface area contributed by atoms with Crippen molar-refractivity contribution >= 4 is 11.8 Å². The molecular formula is C7H12N2O3. The van der Waals surface area contributed by atoms with Crippen molar-refractivity contribution in [3.63, 3.8) is 0 Å². The van der Waals surface area contributed by atoms with Crippen molar-refractivity contribution in [2.45, 2.75) is 19.4 Å². The number of oxime groups is 1. The maximum absolute atomic E-state index is 11.2. The van der Waals surface area contributed by atoms with E-state index in [0.717, 1.165) is 6.42 Å². The molecule has 68 valence electrons. The largest absolute Gasteiger partial charge is 0.470 e. The molecule has 0 bridgehead atoms. The molecule has 1 fully saturated rings. The molecule has 1 amide bonds. The Morgan fingerprint density at radius 3 is 3.00 bits per heavy atom. The monoisotopic (exact) mass is 172 g/mol. The van der Waals surface area contributed by atoms with Gasteiger partial charge in [0.15, 0.2) is 0 Å². The van der Waals surface area contributed by atoms with E-state index in [1.165, 1.54) is 4.90 Å². The van der Waals surface area contributed by atoms with Crippen molar-refractivity contribution in [2.24, 2.45) is 5.16 Å². The van der Waals surface area contributed by atoms with Gasteiger partial charge in [0.1, 0.15) is 6.61 Å². The molecule has 0 aliphatic carbocycles. The number of nitrogens with zero attached hydrogens (tertiary/aromatic N) is 2. The lowest BCUT2D eigenvalue weighted by Gasteiger charge is -2.31. The van der Waals surface area contributed by atoms with Crippen LogP contribution in [0, 0.1) is 0 Å². The highest BCUT2D eigenvalue weighted by Gasteiger charge is 2.30. The molecule has 1 unspecified atom stereocenters. The molecule has 1 aliphatic rings. The number of morpholine rings is 1. The first-order valence-corrected chi connectivity index (χ1v) is 3.82. The van der Waals surface area contributed by atoms with E-state index in [1.54, 1.807) is 7.05 Å². The summed E-state index contributed by atoms with van der Waals surface area (Å²) in [6.45, 7) is 2.37. The maximum Gasteiger partial charge on any atom is 0.316 e. The van der Waals surface area contributed by atoms with Crippen LogP contribution >= 0.6 is 0 Å². The number of amides is 1. The van der Waals surface area contributed by atoms with Crippen LogP contribution < -0.4 is 0 Å². The molecule has 0 radical (unpaired) electrons. The summed E-state index contributed by atoms with van der Waals surface area (Å²) in [6, 6.07) is 0.0861. The maximum atomic E-state index is 11.2. The molecule has 1 heterocycles. The Bertz CT molecular complexity index is 215. The third-order valence-corrected chi connectivity index (χ3v) is 2.03. The molecule has 1 rings (SSSR count). The number of carbonyl (C=O) groups is 1. The third kappa shape index (κ3) is 1.34. The predicted molar refractivity (Wildman–Crippen MR) is 42.0 cm³/mol. The minimum atomic E-state index is -0.365. The summed E-state index contributed by atoms with van der Waals surface area (Å²) in [5.41, 5.74) is 0. The molecule has 1 aliphatic heterocycles. The average Bonchev–Trinajstić information content (AvgIpc) is 2.10. The van der Waals surface area contributed by atoms with Crippen molar-refractivity contribution in [3.05, 3.63) is 0 Å². The van der Waals surface area contributed by atoms with Crippen molar-refractivity contribution in [1.29, 1.82) is 0 Å². The van der Waals surface area contributed by atoms with Crippen LogP contribution in [0.2, 0.25) is 0 Å². The zero-order valence-corrected chi connectivity index (χ0v) is 7.15. The Morgan fingerprint density at radius 1 is 1.83 bits per heavy atom. The zero-order chi connectivity index (χ0) is 9.14. The summed E-state index contributed by atoms with van der Waals surface area (Å²) in [4.78, 5) is 12.8. The number of ether oxygens (including phenoxy) is 1. The molecule has 1 atom stereocenters. The lowest BCUT2D eigenvalue weighted by molar-refractivity contribution is -0.130. The van der Waals surface area contributed by atoms with Crippen LogP contribution in [0.3, 0.4) is 0 Å². The summed E-state index contributed by atoms with van der Waals surface area (Å²) in [6.07, 6.45) is 0.834. The van der Waals surface area contributed by atoms with Gasteiger partial charge in [-0.2, -0.15) is 0 Å². The number of likely N-dealkylation sites (N-methyl/N-ethyl adjacent to an activating group) is 1. The Balaban J connectivity index is 2.72. The highest BCUT2D eigenvalue weighted by molar-refractivity contribution is 6.35. The van der Waals surface area contributed by atoms with Gasteiger partial charge in [-0.05, 0) is 11.6 Å². The molecule has 0 saturated carbocycles. The van der Waals surface area contributed by atoms with Gasteiger partial charge < -0.3 is 14.8 Å². The summed E-state index contributed by atoms with van der Waals surface area (Å²) >= 11 is 0. The van der Waals surface area contributed by atoms with Gasteiger partial charge in [-0.25, -0.2) is 0 Å². The van der Waals surface area contributed by atoms with E-state index < -0.39 is 0 Å². The lowest BCUT2D eigenvalue weighted by atomic mass is 10.2. The van der Waals surface area contributed by atoms with Gasteiger partial charge in [-0.1, -0.05) is 6.92 Å². The molecule has 5 nitrogen and oxygen atoms in total. The quantitative estimate of drug-likeness (QED) is 0.448. The second kappa shape index (κ2) is 3.42. The van der Waals surface area contributed by atoms with Crippen LogP contribution in [-0.4, -0.2) is 41.6 Å². The number of hydrogen-bond donors (Lipinski definition) is 1. The number of carbonyl (C=O) groups excluding carboxylic acids is 1. The van der Waals surface area contributed by atoms with Crippen molar-refractivity contribution < 1.29 is 14.7 Å². The Kier molecular flexibility index (Phi) is 2.52. The average molecular weight is 172 g/mol. The summed E-state index contributed by atoms with van der Waals surface area (Å²) in [5.74, 6) is -0.585. The molecule has 0 aromatic rings. The van der Waals surface area contributed by atoms with E-state index in [2.05, 4.69) is 5.16 Å². The molecule has 5 heteroatoms. The molecule has 1 N–H and O–H groups in total. The van der Waals surface area contributed by atoms with Gasteiger partial charge >= 0.3 is 11.8 Å². The third-order valence-electron chi connectivity index (χ3n) is 2.03. The highest BCUT2D eigenvalue weighted by atomic mass is 16.5. The van der Waals surface area contributed by atoms with Gasteiger partial charge in [0.25, 0.3) is 0 Å². The zero-order valence-electron chi connectivity index (χ0n) is 7.15. The Morgan fingerprint density at radius 2 is 2.50 bits per heavy atom. The van der Waals surface area contributed by atoms with Crippen molar-refractivity contribution in [3.8, 4) is 0 Å². The standard InChI is InChI=1S/C7H12N2O3/c1-3-5-4-12-6(8-11)7(10)9(5)2/h5,11H,3-4H2,1-2H3. The van der Waals surface area contributed by atoms with E-state index in [1.807, 2.05) is 6.92 Å². The van der Waals surface area contributed by atoms with E-state index in [4.69, 9.17) is 9.94 Å². The van der Waals surface area contributed by atoms with Gasteiger partial charge in [-0.3, -0.25) is 4.79 Å². The fraction of sp³-hybridized carbons (Fsp3) is 0.714. The van der Waals surface area contributed by atoms with Crippen LogP contribution in [-0.2, 0) is 9.53 Å². The first-order valence-electron chi connectivity index (χ1n) is 3.82. The smallest absolute Gasteiger partial charge is 0.316 e. The van der Waals surface area contributed by atoms with Gasteiger partial charge in [0.05, 0.1) is 6.04 Å². The SMILES string of the molecule is CCC1COC(=NO)C(=O)N1C. The van der Waals surface area contributed by atoms with Crippen LogP contribution in [0.5, 0.6) is 0 Å². The molecule has 0 spiro atoms. The Hall–Kier alpha value is -1.26. The Labute approximate surface area is 70.6 Å². The first kappa shape index (κ1) is 8.83. The molecule has 0 aromatic heterocycles. The predicted octanol–water partition coefficient (Wildman–Crippen LogP) is 0.0413. The van der Waals surface area contributed by atoms with E-state index in [0.29, 0.717) is 6.61 Å². The molecule has 12 heavy (non-hydrogen) atoms. The second-order valence-corrected chi connectivity index (χ2v) is 2.69. The highest BCUT2D eigenvalue weighted by Crippen LogP contribution is 2.09. The second-order valence-electron chi connectivity index (χ2n) is 2.69. The van der Waals surface area contributed by atoms with Crippen LogP contribution in [0.1, 0.15) is 13.3 Å². The minimum absolute atomic E-state index is 0.0861. The van der Waals surface area contributed by atoms with E-state index in [-0.39, 0.29) is 17.8 Å². The minimum Gasteiger partial charge on any atom is -0.470 e. The fourth-order valence-electron chi connectivity index (χ4n) is 1.13. The van der Waals surface area contributed by atoms with Crippen molar-refractivity contribution in [1.82, 2.24) is 4.90 Å². The van der Waals surface area contributed by atoms with Gasteiger partial charge in [0, 0.05) is 7.05 Å². The van der Waals surface area contributed by atoms with E-state index in [9.17, 15) is 4.79 Å².